The third kappa shape index (κ3) is 11.0. The molecule has 8 heteroatoms. The Morgan fingerprint density at radius 2 is 1.73 bits per heavy atom. The molecule has 26 heavy (non-hydrogen) atoms. The third-order valence-corrected chi connectivity index (χ3v) is 2.91. The molecule has 0 spiro atoms. The van der Waals surface area contributed by atoms with Crippen LogP contribution < -0.4 is 11.1 Å². The highest BCUT2D eigenvalue weighted by molar-refractivity contribution is 5.79. The number of rotatable bonds is 5. The number of carbonyl (C=O) groups excluding carboxylic acids is 2. The lowest BCUT2D eigenvalue weighted by Gasteiger charge is -2.20. The van der Waals surface area contributed by atoms with Gasteiger partial charge in [0, 0.05) is 0 Å². The van der Waals surface area contributed by atoms with Crippen LogP contribution in [0.3, 0.4) is 0 Å². The van der Waals surface area contributed by atoms with E-state index in [0.29, 0.717) is 6.42 Å². The molecular formula is C18H28N2O6. The number of nitrogens with one attached hydrogen (secondary N) is 1. The minimum absolute atomic E-state index is 0.371. The van der Waals surface area contributed by atoms with Gasteiger partial charge in [0.1, 0.15) is 17.7 Å². The Bertz CT molecular complexity index is 583. The molecule has 0 heterocycles. The van der Waals surface area contributed by atoms with E-state index in [1.165, 1.54) is 14.0 Å². The van der Waals surface area contributed by atoms with Gasteiger partial charge in [-0.3, -0.25) is 9.59 Å². The topological polar surface area (TPSA) is 128 Å². The second kappa shape index (κ2) is 11.1. The van der Waals surface area contributed by atoms with Gasteiger partial charge in [0.2, 0.25) is 0 Å². The van der Waals surface area contributed by atoms with Crippen molar-refractivity contribution in [1.82, 2.24) is 5.32 Å². The predicted octanol–water partition coefficient (Wildman–Crippen LogP) is 1.71. The van der Waals surface area contributed by atoms with Crippen molar-refractivity contribution in [2.75, 3.05) is 7.11 Å². The fraction of sp³-hybridized carbons (Fsp3) is 0.500. The van der Waals surface area contributed by atoms with Crippen LogP contribution in [-0.2, 0) is 25.5 Å². The minimum Gasteiger partial charge on any atom is -0.480 e. The Labute approximate surface area is 153 Å². The van der Waals surface area contributed by atoms with E-state index < -0.39 is 29.7 Å². The Hall–Kier alpha value is -2.61. The molecule has 1 aromatic carbocycles. The second-order valence-corrected chi connectivity index (χ2v) is 6.53. The first kappa shape index (κ1) is 23.4. The van der Waals surface area contributed by atoms with Crippen molar-refractivity contribution in [2.45, 2.75) is 51.8 Å². The molecule has 2 unspecified atom stereocenters. The number of carboxylic acid groups (broad SMARTS) is 1. The minimum atomic E-state index is -1.09. The van der Waals surface area contributed by atoms with Gasteiger partial charge in [-0.1, -0.05) is 30.3 Å². The number of carbonyl (C=O) groups is 3. The van der Waals surface area contributed by atoms with Crippen LogP contribution in [0, 0.1) is 0 Å². The maximum absolute atomic E-state index is 11.0. The van der Waals surface area contributed by atoms with Crippen LogP contribution in [0.4, 0.5) is 4.79 Å². The van der Waals surface area contributed by atoms with E-state index in [0.717, 1.165) is 5.56 Å². The van der Waals surface area contributed by atoms with E-state index in [1.54, 1.807) is 20.8 Å². The molecule has 0 aliphatic heterocycles. The molecule has 0 saturated heterocycles. The molecule has 0 saturated carbocycles. The van der Waals surface area contributed by atoms with E-state index in [2.05, 4.69) is 10.1 Å². The molecule has 146 valence electrons. The molecule has 0 aliphatic carbocycles. The number of aliphatic carboxylic acids is 1. The molecule has 1 rings (SSSR count). The van der Waals surface area contributed by atoms with Crippen LogP contribution in [0.1, 0.15) is 33.3 Å². The van der Waals surface area contributed by atoms with Crippen molar-refractivity contribution in [2.24, 2.45) is 5.73 Å². The van der Waals surface area contributed by atoms with E-state index in [-0.39, 0.29) is 5.97 Å². The van der Waals surface area contributed by atoms with Gasteiger partial charge in [-0.05, 0) is 39.7 Å². The summed E-state index contributed by atoms with van der Waals surface area (Å²) >= 11 is 0. The Morgan fingerprint density at radius 3 is 2.15 bits per heavy atom. The summed E-state index contributed by atoms with van der Waals surface area (Å²) in [5, 5.41) is 10.6. The summed E-state index contributed by atoms with van der Waals surface area (Å²) in [4.78, 5) is 32.3. The first-order chi connectivity index (χ1) is 12.0. The molecule has 0 radical (unpaired) electrons. The van der Waals surface area contributed by atoms with Gasteiger partial charge in [-0.15, -0.1) is 0 Å². The molecule has 0 aliphatic rings. The largest absolute Gasteiger partial charge is 0.480 e. The third-order valence-electron chi connectivity index (χ3n) is 2.91. The highest BCUT2D eigenvalue weighted by atomic mass is 16.6. The van der Waals surface area contributed by atoms with Gasteiger partial charge in [0.15, 0.2) is 0 Å². The maximum atomic E-state index is 11.0. The number of methoxy groups -OCH3 is 1. The van der Waals surface area contributed by atoms with E-state index in [4.69, 9.17) is 15.6 Å². The molecular weight excluding hydrogens is 340 g/mol. The van der Waals surface area contributed by atoms with Gasteiger partial charge in [0.25, 0.3) is 0 Å². The standard InChI is InChI=1S/C10H13NO2.C8H15NO4/c1-13-10(12)9(11)7-8-5-3-2-4-6-8;1-5(6(10)11)9-7(12)13-8(2,3)4/h2-6,9H,7,11H2,1H3;5H,1-4H3,(H,9,12)(H,10,11). The van der Waals surface area contributed by atoms with Crippen LogP contribution in [0.5, 0.6) is 0 Å². The van der Waals surface area contributed by atoms with Crippen molar-refractivity contribution in [1.29, 1.82) is 0 Å². The quantitative estimate of drug-likeness (QED) is 0.675. The molecule has 2 atom stereocenters. The lowest BCUT2D eigenvalue weighted by atomic mass is 10.1. The summed E-state index contributed by atoms with van der Waals surface area (Å²) in [5.74, 6) is -1.46. The smallest absolute Gasteiger partial charge is 0.408 e. The highest BCUT2D eigenvalue weighted by Gasteiger charge is 2.20. The average Bonchev–Trinajstić information content (AvgIpc) is 2.53. The number of nitrogens with two attached hydrogens (primary N) is 1. The summed E-state index contributed by atoms with van der Waals surface area (Å²) in [5.41, 5.74) is 6.02. The number of hydrogen-bond acceptors (Lipinski definition) is 6. The van der Waals surface area contributed by atoms with Crippen LogP contribution in [0.15, 0.2) is 30.3 Å². The summed E-state index contributed by atoms with van der Waals surface area (Å²) < 4.78 is 9.37. The van der Waals surface area contributed by atoms with E-state index >= 15 is 0 Å². The monoisotopic (exact) mass is 368 g/mol. The van der Waals surface area contributed by atoms with Crippen molar-refractivity contribution in [3.05, 3.63) is 35.9 Å². The van der Waals surface area contributed by atoms with Gasteiger partial charge in [-0.2, -0.15) is 0 Å². The van der Waals surface area contributed by atoms with Crippen LogP contribution in [0.2, 0.25) is 0 Å². The summed E-state index contributed by atoms with van der Waals surface area (Å²) in [6, 6.07) is 8.12. The van der Waals surface area contributed by atoms with Crippen LogP contribution in [-0.4, -0.2) is 47.9 Å². The maximum Gasteiger partial charge on any atom is 0.408 e. The Morgan fingerprint density at radius 1 is 1.19 bits per heavy atom. The zero-order valence-corrected chi connectivity index (χ0v) is 15.8. The lowest BCUT2D eigenvalue weighted by Crippen LogP contribution is -2.41. The Balaban J connectivity index is 0.000000481. The summed E-state index contributed by atoms with van der Waals surface area (Å²) in [7, 11) is 1.34. The normalized spacial score (nSPS) is 12.7. The summed E-state index contributed by atoms with van der Waals surface area (Å²) in [6.45, 7) is 6.49. The molecule has 4 N–H and O–H groups in total. The van der Waals surface area contributed by atoms with Gasteiger partial charge in [0.05, 0.1) is 7.11 Å². The molecule has 0 fully saturated rings. The Kier molecular flexibility index (Phi) is 9.98. The summed E-state index contributed by atoms with van der Waals surface area (Å²) in [6.07, 6.45) is -0.199. The lowest BCUT2D eigenvalue weighted by molar-refractivity contribution is -0.142. The van der Waals surface area contributed by atoms with Crippen LogP contribution >= 0.6 is 0 Å². The number of benzene rings is 1. The SMILES string of the molecule is CC(NC(=O)OC(C)(C)C)C(=O)O.COC(=O)C(N)Cc1ccccc1. The van der Waals surface area contributed by atoms with Crippen molar-refractivity contribution < 1.29 is 29.0 Å². The van der Waals surface area contributed by atoms with Crippen molar-refractivity contribution in [3.63, 3.8) is 0 Å². The van der Waals surface area contributed by atoms with Gasteiger partial charge >= 0.3 is 18.0 Å². The number of ether oxygens (including phenoxy) is 2. The second-order valence-electron chi connectivity index (χ2n) is 6.53. The fourth-order valence-corrected chi connectivity index (χ4v) is 1.65. The molecule has 0 bridgehead atoms. The highest BCUT2D eigenvalue weighted by Crippen LogP contribution is 2.06. The number of alkyl carbamates (subject to hydrolysis) is 1. The first-order valence-corrected chi connectivity index (χ1v) is 8.06. The van der Waals surface area contributed by atoms with Crippen molar-refractivity contribution >= 4 is 18.0 Å². The average molecular weight is 368 g/mol. The number of esters is 1. The van der Waals surface area contributed by atoms with Gasteiger partial charge < -0.3 is 25.6 Å². The molecule has 1 amide bonds. The van der Waals surface area contributed by atoms with E-state index in [9.17, 15) is 14.4 Å². The molecule has 1 aromatic rings. The zero-order chi connectivity index (χ0) is 20.3. The number of carboxylic acids is 1. The number of hydrogen-bond donors (Lipinski definition) is 3. The zero-order valence-electron chi connectivity index (χ0n) is 15.8. The number of amides is 1. The van der Waals surface area contributed by atoms with Gasteiger partial charge in [-0.25, -0.2) is 4.79 Å². The van der Waals surface area contributed by atoms with Crippen molar-refractivity contribution in [3.8, 4) is 0 Å². The first-order valence-electron chi connectivity index (χ1n) is 8.06. The fourth-order valence-electron chi connectivity index (χ4n) is 1.65. The molecule has 8 nitrogen and oxygen atoms in total. The predicted molar refractivity (Wildman–Crippen MR) is 96.6 cm³/mol. The van der Waals surface area contributed by atoms with E-state index in [1.807, 2.05) is 30.3 Å². The molecule has 0 aromatic heterocycles. The van der Waals surface area contributed by atoms with Crippen LogP contribution in [0.25, 0.3) is 0 Å².